The number of halogens is 2. The molecule has 0 aromatic heterocycles. The number of thioether (sulfide) groups is 1. The third kappa shape index (κ3) is 3.42. The predicted molar refractivity (Wildman–Crippen MR) is 60.8 cm³/mol. The van der Waals surface area contributed by atoms with Crippen molar-refractivity contribution < 1.29 is 4.39 Å². The minimum atomic E-state index is -0.491. The van der Waals surface area contributed by atoms with Gasteiger partial charge in [-0.15, -0.1) is 0 Å². The molecule has 1 aromatic rings. The molecule has 0 radical (unpaired) electrons. The van der Waals surface area contributed by atoms with E-state index in [9.17, 15) is 4.39 Å². The third-order valence-corrected chi connectivity index (χ3v) is 2.36. The van der Waals surface area contributed by atoms with Crippen LogP contribution in [0.15, 0.2) is 23.2 Å². The lowest BCUT2D eigenvalue weighted by Crippen LogP contribution is -2.12. The van der Waals surface area contributed by atoms with Crippen LogP contribution in [0.3, 0.4) is 0 Å². The number of benzene rings is 1. The molecule has 0 aliphatic heterocycles. The van der Waals surface area contributed by atoms with Gasteiger partial charge in [0.15, 0.2) is 11.4 Å². The van der Waals surface area contributed by atoms with Crippen molar-refractivity contribution >= 4 is 34.2 Å². The van der Waals surface area contributed by atoms with E-state index >= 15 is 0 Å². The van der Waals surface area contributed by atoms with Crippen molar-refractivity contribution in [2.75, 3.05) is 6.26 Å². The Labute approximate surface area is 96.0 Å². The number of hydrogen-bond acceptors (Lipinski definition) is 3. The summed E-state index contributed by atoms with van der Waals surface area (Å²) in [5.74, 6) is -0.491. The number of aliphatic imine (C=N–C) groups is 1. The maximum Gasteiger partial charge on any atom is 0.183 e. The highest BCUT2D eigenvalue weighted by Crippen LogP contribution is 2.22. The monoisotopic (exact) mass is 243 g/mol. The van der Waals surface area contributed by atoms with Crippen molar-refractivity contribution in [2.45, 2.75) is 0 Å². The molecule has 6 heteroatoms. The normalized spacial score (nSPS) is 10.9. The number of nitrogens with one attached hydrogen (secondary N) is 1. The summed E-state index contributed by atoms with van der Waals surface area (Å²) in [6.45, 7) is 0. The van der Waals surface area contributed by atoms with Gasteiger partial charge >= 0.3 is 0 Å². The van der Waals surface area contributed by atoms with Gasteiger partial charge in [0, 0.05) is 0 Å². The van der Waals surface area contributed by atoms with Gasteiger partial charge in [-0.2, -0.15) is 5.26 Å². The van der Waals surface area contributed by atoms with E-state index in [1.165, 1.54) is 30.0 Å². The van der Waals surface area contributed by atoms with E-state index in [0.717, 1.165) is 0 Å². The second kappa shape index (κ2) is 5.59. The summed E-state index contributed by atoms with van der Waals surface area (Å²) in [5, 5.41) is 11.2. The van der Waals surface area contributed by atoms with Crippen LogP contribution in [0.25, 0.3) is 0 Å². The summed E-state index contributed by atoms with van der Waals surface area (Å²) in [4.78, 5) is 4.06. The second-order valence-electron chi connectivity index (χ2n) is 2.46. The first-order valence-electron chi connectivity index (χ1n) is 3.90. The average Bonchev–Trinajstić information content (AvgIpc) is 2.23. The van der Waals surface area contributed by atoms with Crippen molar-refractivity contribution in [3.63, 3.8) is 0 Å². The topological polar surface area (TPSA) is 48.2 Å². The van der Waals surface area contributed by atoms with Crippen LogP contribution in [-0.2, 0) is 0 Å². The molecular weight excluding hydrogens is 237 g/mol. The second-order valence-corrected chi connectivity index (χ2v) is 3.66. The van der Waals surface area contributed by atoms with Gasteiger partial charge in [0.25, 0.3) is 0 Å². The molecule has 0 aliphatic rings. The lowest BCUT2D eigenvalue weighted by atomic mass is 10.3. The SMILES string of the molecule is CSC(=Nc1ccc(F)c(Cl)c1)NC#N. The smallest absolute Gasteiger partial charge is 0.183 e. The van der Waals surface area contributed by atoms with Crippen molar-refractivity contribution in [2.24, 2.45) is 4.99 Å². The van der Waals surface area contributed by atoms with Crippen LogP contribution in [-0.4, -0.2) is 11.4 Å². The first-order chi connectivity index (χ1) is 7.17. The van der Waals surface area contributed by atoms with Gasteiger partial charge in [0.1, 0.15) is 5.82 Å². The molecule has 1 aromatic carbocycles. The molecule has 0 saturated carbocycles. The third-order valence-electron chi connectivity index (χ3n) is 1.49. The summed E-state index contributed by atoms with van der Waals surface area (Å²) in [5.41, 5.74) is 0.494. The minimum absolute atomic E-state index is 0.00802. The number of amidine groups is 1. The molecule has 0 aliphatic carbocycles. The van der Waals surface area contributed by atoms with Gasteiger partial charge < -0.3 is 0 Å². The molecule has 0 heterocycles. The van der Waals surface area contributed by atoms with Gasteiger partial charge in [-0.3, -0.25) is 5.32 Å². The number of hydrogen-bond donors (Lipinski definition) is 1. The fourth-order valence-electron chi connectivity index (χ4n) is 0.844. The molecular formula is C9H7ClFN3S. The van der Waals surface area contributed by atoms with E-state index in [-0.39, 0.29) is 5.02 Å². The van der Waals surface area contributed by atoms with Crippen LogP contribution >= 0.6 is 23.4 Å². The maximum atomic E-state index is 12.8. The highest BCUT2D eigenvalue weighted by Gasteiger charge is 2.01. The van der Waals surface area contributed by atoms with Crippen LogP contribution in [0.4, 0.5) is 10.1 Å². The van der Waals surface area contributed by atoms with Crippen LogP contribution in [0.5, 0.6) is 0 Å². The van der Waals surface area contributed by atoms with Crippen molar-refractivity contribution in [3.8, 4) is 6.19 Å². The Hall–Kier alpha value is -1.25. The van der Waals surface area contributed by atoms with Crippen LogP contribution in [0, 0.1) is 17.3 Å². The summed E-state index contributed by atoms with van der Waals surface area (Å²) in [7, 11) is 0. The maximum absolute atomic E-state index is 12.8. The first-order valence-corrected chi connectivity index (χ1v) is 5.50. The molecule has 0 unspecified atom stereocenters. The van der Waals surface area contributed by atoms with Gasteiger partial charge in [0.05, 0.1) is 10.7 Å². The highest BCUT2D eigenvalue weighted by molar-refractivity contribution is 8.13. The average molecular weight is 244 g/mol. The van der Waals surface area contributed by atoms with Gasteiger partial charge in [-0.25, -0.2) is 9.38 Å². The van der Waals surface area contributed by atoms with Crippen molar-refractivity contribution in [3.05, 3.63) is 29.0 Å². The number of rotatable bonds is 1. The van der Waals surface area contributed by atoms with E-state index in [2.05, 4.69) is 10.3 Å². The zero-order valence-corrected chi connectivity index (χ0v) is 9.36. The molecule has 1 rings (SSSR count). The molecule has 15 heavy (non-hydrogen) atoms. The lowest BCUT2D eigenvalue weighted by molar-refractivity contribution is 0.628. The molecule has 1 N–H and O–H groups in total. The molecule has 0 spiro atoms. The molecule has 0 fully saturated rings. The number of nitrogens with zero attached hydrogens (tertiary/aromatic N) is 2. The predicted octanol–water partition coefficient (Wildman–Crippen LogP) is 2.90. The lowest BCUT2D eigenvalue weighted by Gasteiger charge is -2.00. The first kappa shape index (κ1) is 11.8. The molecule has 78 valence electrons. The zero-order chi connectivity index (χ0) is 11.3. The molecule has 0 bridgehead atoms. The van der Waals surface area contributed by atoms with E-state index < -0.39 is 5.82 Å². The molecule has 0 atom stereocenters. The highest BCUT2D eigenvalue weighted by atomic mass is 35.5. The van der Waals surface area contributed by atoms with Gasteiger partial charge in [-0.1, -0.05) is 23.4 Å². The van der Waals surface area contributed by atoms with Crippen LogP contribution in [0.1, 0.15) is 0 Å². The molecule has 0 amide bonds. The van der Waals surface area contributed by atoms with Crippen LogP contribution < -0.4 is 5.32 Å². The molecule has 0 saturated heterocycles. The summed E-state index contributed by atoms with van der Waals surface area (Å²) in [6.07, 6.45) is 3.53. The number of nitriles is 1. The van der Waals surface area contributed by atoms with E-state index in [4.69, 9.17) is 16.9 Å². The summed E-state index contributed by atoms with van der Waals surface area (Å²) < 4.78 is 12.8. The van der Waals surface area contributed by atoms with Crippen LogP contribution in [0.2, 0.25) is 5.02 Å². The minimum Gasteiger partial charge on any atom is -0.271 e. The van der Waals surface area contributed by atoms with Crippen molar-refractivity contribution in [1.82, 2.24) is 5.32 Å². The Bertz CT molecular complexity index is 428. The molecule has 3 nitrogen and oxygen atoms in total. The van der Waals surface area contributed by atoms with E-state index in [1.54, 1.807) is 12.4 Å². The standard InChI is InChI=1S/C9H7ClFN3S/c1-15-9(13-5-12)14-6-2-3-8(11)7(10)4-6/h2-4H,1H3,(H,13,14). The fraction of sp³-hybridized carbons (Fsp3) is 0.111. The Balaban J connectivity index is 2.97. The Morgan fingerprint density at radius 1 is 1.67 bits per heavy atom. The Morgan fingerprint density at radius 3 is 2.93 bits per heavy atom. The van der Waals surface area contributed by atoms with Crippen molar-refractivity contribution in [1.29, 1.82) is 5.26 Å². The zero-order valence-electron chi connectivity index (χ0n) is 7.79. The summed E-state index contributed by atoms with van der Waals surface area (Å²) >= 11 is 6.86. The van der Waals surface area contributed by atoms with E-state index in [1.807, 2.05) is 0 Å². The largest absolute Gasteiger partial charge is 0.271 e. The van der Waals surface area contributed by atoms with E-state index in [0.29, 0.717) is 10.9 Å². The quantitative estimate of drug-likeness (QED) is 0.357. The Kier molecular flexibility index (Phi) is 4.40. The summed E-state index contributed by atoms with van der Waals surface area (Å²) in [6, 6.07) is 4.11. The fourth-order valence-corrected chi connectivity index (χ4v) is 1.36. The van der Waals surface area contributed by atoms with Gasteiger partial charge in [0.2, 0.25) is 0 Å². The Morgan fingerprint density at radius 2 is 2.40 bits per heavy atom. The van der Waals surface area contributed by atoms with Gasteiger partial charge in [-0.05, 0) is 24.5 Å².